The minimum atomic E-state index is -0.149. The van der Waals surface area contributed by atoms with E-state index in [-0.39, 0.29) is 11.9 Å². The van der Waals surface area contributed by atoms with Gasteiger partial charge in [0.15, 0.2) is 5.16 Å². The molecule has 0 atom stereocenters. The van der Waals surface area contributed by atoms with Gasteiger partial charge in [0.1, 0.15) is 5.82 Å². The number of aryl methyl sites for hydroxylation is 2. The molecule has 3 amide bonds. The van der Waals surface area contributed by atoms with Crippen molar-refractivity contribution in [2.45, 2.75) is 32.5 Å². The van der Waals surface area contributed by atoms with Crippen molar-refractivity contribution in [2.75, 3.05) is 30.3 Å². The van der Waals surface area contributed by atoms with Crippen molar-refractivity contribution in [3.63, 3.8) is 0 Å². The molecule has 1 saturated heterocycles. The normalized spacial score (nSPS) is 13.7. The Bertz CT molecular complexity index is 850. The summed E-state index contributed by atoms with van der Waals surface area (Å²) in [7, 11) is 0. The molecule has 0 saturated carbocycles. The molecule has 0 aliphatic carbocycles. The Hall–Kier alpha value is -2.55. The number of nitrogens with zero attached hydrogens (tertiary/aromatic N) is 4. The lowest BCUT2D eigenvalue weighted by Crippen LogP contribution is -2.29. The van der Waals surface area contributed by atoms with Crippen molar-refractivity contribution in [1.82, 2.24) is 25.4 Å². The summed E-state index contributed by atoms with van der Waals surface area (Å²) < 4.78 is 2.04. The maximum atomic E-state index is 12.5. The van der Waals surface area contributed by atoms with Crippen LogP contribution in [0.5, 0.6) is 0 Å². The molecule has 0 bridgehead atoms. The fourth-order valence-electron chi connectivity index (χ4n) is 2.98. The van der Waals surface area contributed by atoms with Gasteiger partial charge in [-0.15, -0.1) is 10.2 Å². The van der Waals surface area contributed by atoms with Crippen molar-refractivity contribution in [1.29, 1.82) is 0 Å². The molecule has 144 valence electrons. The Morgan fingerprint density at radius 3 is 2.85 bits per heavy atom. The average molecular weight is 388 g/mol. The molecular weight excluding hydrogens is 364 g/mol. The van der Waals surface area contributed by atoms with E-state index in [0.717, 1.165) is 28.8 Å². The summed E-state index contributed by atoms with van der Waals surface area (Å²) in [6.45, 7) is 8.49. The highest BCUT2D eigenvalue weighted by atomic mass is 32.2. The highest BCUT2D eigenvalue weighted by Gasteiger charge is 2.23. The quantitative estimate of drug-likeness (QED) is 0.559. The highest BCUT2D eigenvalue weighted by Crippen LogP contribution is 2.23. The number of hydrogen-bond acceptors (Lipinski definition) is 5. The lowest BCUT2D eigenvalue weighted by molar-refractivity contribution is 0.0956. The van der Waals surface area contributed by atoms with Crippen molar-refractivity contribution in [2.24, 2.45) is 0 Å². The van der Waals surface area contributed by atoms with Crippen LogP contribution in [-0.4, -0.2) is 52.1 Å². The second-order valence-corrected chi connectivity index (χ2v) is 7.33. The number of carbonyl (C=O) groups excluding carboxylic acids is 2. The Morgan fingerprint density at radius 2 is 2.15 bits per heavy atom. The zero-order valence-electron chi connectivity index (χ0n) is 15.8. The fourth-order valence-corrected chi connectivity index (χ4v) is 3.89. The van der Waals surface area contributed by atoms with Crippen molar-refractivity contribution in [3.05, 3.63) is 35.2 Å². The minimum Gasteiger partial charge on any atom is -0.351 e. The number of nitrogens with one attached hydrogen (secondary N) is 2. The van der Waals surface area contributed by atoms with E-state index in [1.807, 2.05) is 24.5 Å². The van der Waals surface area contributed by atoms with Crippen LogP contribution in [0.25, 0.3) is 0 Å². The number of thioether (sulfide) groups is 1. The van der Waals surface area contributed by atoms with Crippen LogP contribution < -0.4 is 15.5 Å². The van der Waals surface area contributed by atoms with E-state index in [9.17, 15) is 9.59 Å². The molecule has 1 aromatic heterocycles. The van der Waals surface area contributed by atoms with Crippen LogP contribution >= 0.6 is 11.8 Å². The fraction of sp³-hybridized carbons (Fsp3) is 0.444. The van der Waals surface area contributed by atoms with Crippen LogP contribution in [0.4, 0.5) is 10.5 Å². The topological polar surface area (TPSA) is 92.2 Å². The molecule has 1 fully saturated rings. The summed E-state index contributed by atoms with van der Waals surface area (Å²) >= 11 is 1.57. The third kappa shape index (κ3) is 4.24. The van der Waals surface area contributed by atoms with Crippen molar-refractivity contribution in [3.8, 4) is 0 Å². The van der Waals surface area contributed by atoms with Gasteiger partial charge in [0, 0.05) is 43.2 Å². The first-order valence-electron chi connectivity index (χ1n) is 8.98. The Balaban J connectivity index is 1.57. The van der Waals surface area contributed by atoms with Crippen LogP contribution in [0.1, 0.15) is 28.7 Å². The monoisotopic (exact) mass is 388 g/mol. The van der Waals surface area contributed by atoms with Gasteiger partial charge in [-0.1, -0.05) is 17.8 Å². The van der Waals surface area contributed by atoms with Gasteiger partial charge in [-0.25, -0.2) is 4.79 Å². The highest BCUT2D eigenvalue weighted by molar-refractivity contribution is 7.99. The van der Waals surface area contributed by atoms with Gasteiger partial charge in [-0.2, -0.15) is 0 Å². The van der Waals surface area contributed by atoms with Gasteiger partial charge >= 0.3 is 6.03 Å². The number of anilines is 1. The first kappa shape index (κ1) is 19.2. The summed E-state index contributed by atoms with van der Waals surface area (Å²) in [5, 5.41) is 14.8. The van der Waals surface area contributed by atoms with Crippen LogP contribution in [-0.2, 0) is 6.54 Å². The first-order valence-corrected chi connectivity index (χ1v) is 9.96. The van der Waals surface area contributed by atoms with Crippen LogP contribution in [0.2, 0.25) is 0 Å². The van der Waals surface area contributed by atoms with Crippen LogP contribution in [0.3, 0.4) is 0 Å². The number of rotatable bonds is 7. The maximum Gasteiger partial charge on any atom is 0.322 e. The summed E-state index contributed by atoms with van der Waals surface area (Å²) in [5.41, 5.74) is 2.29. The van der Waals surface area contributed by atoms with Gasteiger partial charge < -0.3 is 15.2 Å². The smallest absolute Gasteiger partial charge is 0.322 e. The van der Waals surface area contributed by atoms with Crippen molar-refractivity contribution >= 4 is 29.4 Å². The molecule has 0 spiro atoms. The van der Waals surface area contributed by atoms with Gasteiger partial charge in [-0.05, 0) is 38.5 Å². The van der Waals surface area contributed by atoms with Gasteiger partial charge in [-0.3, -0.25) is 9.69 Å². The molecule has 0 unspecified atom stereocenters. The van der Waals surface area contributed by atoms with E-state index in [1.54, 1.807) is 28.8 Å². The van der Waals surface area contributed by atoms with E-state index < -0.39 is 0 Å². The summed E-state index contributed by atoms with van der Waals surface area (Å²) in [5.74, 6) is 1.45. The molecule has 8 nitrogen and oxygen atoms in total. The number of amides is 3. The van der Waals surface area contributed by atoms with E-state index in [1.165, 1.54) is 0 Å². The molecule has 27 heavy (non-hydrogen) atoms. The molecule has 1 aliphatic heterocycles. The Kier molecular flexibility index (Phi) is 6.00. The second kappa shape index (κ2) is 8.43. The molecule has 3 rings (SSSR count). The lowest BCUT2D eigenvalue weighted by atomic mass is 10.1. The predicted octanol–water partition coefficient (Wildman–Crippen LogP) is 1.97. The van der Waals surface area contributed by atoms with E-state index in [2.05, 4.69) is 27.8 Å². The summed E-state index contributed by atoms with van der Waals surface area (Å²) in [6.07, 6.45) is 0. The van der Waals surface area contributed by atoms with Gasteiger partial charge in [0.25, 0.3) is 5.91 Å². The average Bonchev–Trinajstić information content (AvgIpc) is 3.24. The van der Waals surface area contributed by atoms with Gasteiger partial charge in [0.05, 0.1) is 0 Å². The molecule has 1 aromatic carbocycles. The Morgan fingerprint density at radius 1 is 1.33 bits per heavy atom. The number of hydrogen-bond donors (Lipinski definition) is 2. The Labute approximate surface area is 162 Å². The van der Waals surface area contributed by atoms with E-state index >= 15 is 0 Å². The third-order valence-corrected chi connectivity index (χ3v) is 5.42. The number of carbonyl (C=O) groups is 2. The van der Waals surface area contributed by atoms with Gasteiger partial charge in [0.2, 0.25) is 0 Å². The zero-order valence-corrected chi connectivity index (χ0v) is 16.6. The van der Waals surface area contributed by atoms with Crippen LogP contribution in [0, 0.1) is 13.8 Å². The molecule has 0 radical (unpaired) electrons. The van der Waals surface area contributed by atoms with Crippen LogP contribution in [0.15, 0.2) is 23.4 Å². The standard InChI is InChI=1S/C18H24N6O2S/c1-4-23-13(3)21-22-18(23)27-10-8-19-16(25)14-6-5-12(2)15(11-14)24-9-7-20-17(24)26/h5-6,11H,4,7-10H2,1-3H3,(H,19,25)(H,20,26). The van der Waals surface area contributed by atoms with E-state index in [4.69, 9.17) is 0 Å². The molecule has 2 N–H and O–H groups in total. The molecule has 1 aliphatic rings. The predicted molar refractivity (Wildman–Crippen MR) is 105 cm³/mol. The lowest BCUT2D eigenvalue weighted by Gasteiger charge is -2.18. The minimum absolute atomic E-state index is 0.123. The molecular formula is C18H24N6O2S. The largest absolute Gasteiger partial charge is 0.351 e. The van der Waals surface area contributed by atoms with Crippen molar-refractivity contribution < 1.29 is 9.59 Å². The number of urea groups is 1. The zero-order chi connectivity index (χ0) is 19.4. The molecule has 2 heterocycles. The summed E-state index contributed by atoms with van der Waals surface area (Å²) in [4.78, 5) is 26.0. The second-order valence-electron chi connectivity index (χ2n) is 6.26. The number of aromatic nitrogens is 3. The first-order chi connectivity index (χ1) is 13.0. The maximum absolute atomic E-state index is 12.5. The SMILES string of the molecule is CCn1c(C)nnc1SCCNC(=O)c1ccc(C)c(N2CCNC2=O)c1. The molecule has 9 heteroatoms. The third-order valence-electron chi connectivity index (χ3n) is 4.46. The molecule has 2 aromatic rings. The summed E-state index contributed by atoms with van der Waals surface area (Å²) in [6, 6.07) is 5.31. The van der Waals surface area contributed by atoms with E-state index in [0.29, 0.717) is 31.0 Å². The number of benzene rings is 1.